The summed E-state index contributed by atoms with van der Waals surface area (Å²) >= 11 is 0. The first kappa shape index (κ1) is 88.0. The Morgan fingerprint density at radius 3 is 1.41 bits per heavy atom. The van der Waals surface area contributed by atoms with Gasteiger partial charge in [-0.15, -0.1) is 24.4 Å². The molecule has 6 fully saturated rings. The van der Waals surface area contributed by atoms with E-state index in [0.29, 0.717) is 25.7 Å². The predicted octanol–water partition coefficient (Wildman–Crippen LogP) is -1.77. The monoisotopic (exact) mass is 1260 g/mol. The summed E-state index contributed by atoms with van der Waals surface area (Å²) in [5.74, 6) is -5.07. The fraction of sp³-hybridized carbons (Fsp3) is 0.900. The number of aliphatic hydroxyl groups excluding tert-OH is 7. The minimum Gasteiger partial charge on any atom is -0.852 e. The molecule has 4 saturated carbocycles. The summed E-state index contributed by atoms with van der Waals surface area (Å²) in [6.45, 7) is 34.7. The van der Waals surface area contributed by atoms with E-state index in [1.165, 1.54) is 0 Å². The van der Waals surface area contributed by atoms with Gasteiger partial charge in [-0.25, -0.2) is 0 Å². The average molecular weight is 1260 g/mol. The minimum absolute atomic E-state index is 0. The van der Waals surface area contributed by atoms with Crippen molar-refractivity contribution in [2.24, 2.45) is 50.2 Å². The molecule has 85 heavy (non-hydrogen) atoms. The van der Waals surface area contributed by atoms with Crippen LogP contribution in [-0.2, 0) is 38.1 Å². The number of hydrogen-bond donors (Lipinski definition) is 8. The Morgan fingerprint density at radius 2 is 0.988 bits per heavy atom. The molecule has 0 aromatic rings. The third-order valence-electron chi connectivity index (χ3n) is 16.9. The van der Waals surface area contributed by atoms with Crippen LogP contribution in [0.4, 0.5) is 0 Å². The van der Waals surface area contributed by atoms with Crippen molar-refractivity contribution in [2.45, 2.75) is 293 Å². The normalized spacial score (nSPS) is 38.4. The number of carbonyl (C=O) groups excluding carboxylic acids is 3. The van der Waals surface area contributed by atoms with E-state index >= 15 is 0 Å². The second kappa shape index (κ2) is 36.2. The van der Waals surface area contributed by atoms with E-state index in [1.807, 2.05) is 13.0 Å². The number of aliphatic carboxylic acids is 3. The van der Waals surface area contributed by atoms with Crippen LogP contribution >= 0.6 is 0 Å². The zero-order valence-corrected chi connectivity index (χ0v) is 57.5. The summed E-state index contributed by atoms with van der Waals surface area (Å²) in [4.78, 5) is 51.3. The molecule has 2 aliphatic heterocycles. The smallest absolute Gasteiger partial charge is 0.852 e. The number of carboxylic acid groups (broad SMARTS) is 3. The van der Waals surface area contributed by atoms with Gasteiger partial charge in [0.15, 0.2) is 18.4 Å². The first-order chi connectivity index (χ1) is 37.1. The van der Waals surface area contributed by atoms with Gasteiger partial charge in [0.05, 0.1) is 23.5 Å². The molecule has 0 aromatic heterocycles. The van der Waals surface area contributed by atoms with Gasteiger partial charge < -0.3 is 100 Å². The second-order valence-electron chi connectivity index (χ2n) is 27.1. The van der Waals surface area contributed by atoms with Crippen LogP contribution in [-0.4, -0.2) is 221 Å². The van der Waals surface area contributed by atoms with Crippen LogP contribution < -0.4 is 30.6 Å². The molecule has 0 amide bonds. The summed E-state index contributed by atoms with van der Waals surface area (Å²) < 4.78 is 22.6. The van der Waals surface area contributed by atoms with E-state index in [2.05, 4.69) is 41.5 Å². The molecule has 19 unspecified atom stereocenters. The van der Waals surface area contributed by atoms with Crippen molar-refractivity contribution in [3.8, 4) is 0 Å². The molecule has 25 heteroatoms. The Kier molecular flexibility index (Phi) is 37.4. The van der Waals surface area contributed by atoms with Crippen molar-refractivity contribution < 1.29 is 110 Å². The van der Waals surface area contributed by atoms with Gasteiger partial charge in [-0.3, -0.25) is 9.59 Å². The first-order valence-corrected chi connectivity index (χ1v) is 29.1. The summed E-state index contributed by atoms with van der Waals surface area (Å²) in [7, 11) is 0. The number of hydrogen-bond acceptors (Lipinski definition) is 21. The number of carbonyl (C=O) groups is 4. The molecule has 22 nitrogen and oxygen atoms in total. The number of fused-ring (bicyclic) bond motifs is 7. The maximum Gasteiger partial charge on any atom is 3.00 e. The van der Waals surface area contributed by atoms with Gasteiger partial charge in [-0.05, 0) is 137 Å². The number of ketones is 1. The van der Waals surface area contributed by atoms with Crippen molar-refractivity contribution in [2.75, 3.05) is 0 Å². The number of aliphatic hydroxyl groups is 7. The second-order valence-corrected chi connectivity index (χ2v) is 27.1. The summed E-state index contributed by atoms with van der Waals surface area (Å²) in [6.07, 6.45) is -15.3. The summed E-state index contributed by atoms with van der Waals surface area (Å²) in [6, 6.07) is 0. The molecule has 0 bridgehead atoms. The molecule has 7 rings (SSSR count). The predicted molar refractivity (Wildman–Crippen MR) is 307 cm³/mol. The number of carboxylic acids is 3. The molecule has 0 aromatic carbocycles. The van der Waals surface area contributed by atoms with Crippen molar-refractivity contribution in [3.63, 3.8) is 0 Å². The molecule has 3 radical (unpaired) electrons. The molecular weight excluding hydrogens is 1150 g/mol. The van der Waals surface area contributed by atoms with Crippen LogP contribution in [0.5, 0.6) is 0 Å². The Morgan fingerprint density at radius 1 is 0.588 bits per heavy atom. The topological polar surface area (TPSA) is 405 Å². The maximum absolute atomic E-state index is 14.9. The molecule has 7 aliphatic rings. The van der Waals surface area contributed by atoms with Gasteiger partial charge >= 0.3 is 40.7 Å². The largest absolute Gasteiger partial charge is 3.00 e. The summed E-state index contributed by atoms with van der Waals surface area (Å²) in [5.41, 5.74) is -1.83. The first-order valence-electron chi connectivity index (χ1n) is 29.1. The van der Waals surface area contributed by atoms with Crippen LogP contribution in [0.1, 0.15) is 189 Å². The van der Waals surface area contributed by atoms with E-state index < -0.39 is 137 Å². The van der Waals surface area contributed by atoms with Gasteiger partial charge in [0.1, 0.15) is 48.8 Å². The maximum atomic E-state index is 14.9. The molecule has 2 heterocycles. The zero-order valence-electron chi connectivity index (χ0n) is 54.0. The fourth-order valence-electron chi connectivity index (χ4n) is 13.5. The van der Waals surface area contributed by atoms with Crippen molar-refractivity contribution in [1.82, 2.24) is 0 Å². The SMILES string of the molecule is CC(C)O.CC(C)O.CC(C)[O-].CC(C)[O-].CC(C)[O-].CC(C)[O-].CC1(C(=O)O)CCC2(C)CCC3(C)C(=CC(=O)C4C5(C)CC(OC6OC(C(=O)[O-])C(OC7OC(C(=O)[O-])C(O)C(O)C7O)C(O)C6O)CC(C)(C)C5CCC43C)C2C1.[Al+3].[Al+3].[Al]. The molecule has 5 aliphatic carbocycles. The standard InChI is InChI=1S/C42H62O16.2C3H8O.4C3H7O.3Al/c1-37(2)15-18(55-34-27(48)25(46)28(30(58-34)33(51)52)56-35-26(47)23(44)24(45)29(57-35)32(49)50)16-40(5)22(37)8-9-42(7)31(40)21(43)14-19-20-17-39(4,36(53)54)11-10-38(20,3)12-13-41(19,42)6;6*1-3(2)4;;;/h14,18,20,22-31,34-35,44-48H,8-13,15-17H2,1-7H3,(H,49,50)(H,51,52)(H,53,54);2*3-4H,1-2H3;4*3H,1-2H3;;;/q;;;4*-1;;2*+3/p-2. The molecule has 485 valence electrons. The Hall–Kier alpha value is -1.18. The van der Waals surface area contributed by atoms with E-state index in [1.54, 1.807) is 83.1 Å². The minimum atomic E-state index is -2.19. The Balaban J connectivity index is -0.00000213. The third-order valence-corrected chi connectivity index (χ3v) is 16.9. The van der Waals surface area contributed by atoms with Crippen molar-refractivity contribution in [1.29, 1.82) is 0 Å². The third kappa shape index (κ3) is 23.2. The van der Waals surface area contributed by atoms with E-state index in [4.69, 9.17) is 29.2 Å². The van der Waals surface area contributed by atoms with Gasteiger partial charge in [0, 0.05) is 35.5 Å². The van der Waals surface area contributed by atoms with Crippen LogP contribution in [0.25, 0.3) is 0 Å². The molecule has 2 saturated heterocycles. The number of ether oxygens (including phenoxy) is 4. The molecule has 8 N–H and O–H groups in total. The molecule has 0 spiro atoms. The quantitative estimate of drug-likeness (QED) is 0.103. The van der Waals surface area contributed by atoms with Crippen LogP contribution in [0.3, 0.4) is 0 Å². The van der Waals surface area contributed by atoms with Crippen LogP contribution in [0.15, 0.2) is 11.6 Å². The molecule has 19 atom stereocenters. The Bertz CT molecular complexity index is 2000. The average Bonchev–Trinajstić information content (AvgIpc) is 1.26. The van der Waals surface area contributed by atoms with E-state index in [-0.39, 0.29) is 92.7 Å². The fourth-order valence-corrected chi connectivity index (χ4v) is 13.5. The molecular formula is C60H104Al3O22. The number of rotatable bonds is 7. The van der Waals surface area contributed by atoms with Crippen molar-refractivity contribution >= 4 is 75.8 Å². The van der Waals surface area contributed by atoms with Gasteiger partial charge in [0.25, 0.3) is 0 Å². The van der Waals surface area contributed by atoms with Gasteiger partial charge in [-0.1, -0.05) is 103 Å². The van der Waals surface area contributed by atoms with E-state index in [0.717, 1.165) is 37.7 Å². The Labute approximate surface area is 537 Å². The van der Waals surface area contributed by atoms with Crippen LogP contribution in [0, 0.1) is 50.2 Å². The van der Waals surface area contributed by atoms with Crippen LogP contribution in [0.2, 0.25) is 0 Å². The van der Waals surface area contributed by atoms with E-state index in [9.17, 15) is 80.5 Å². The van der Waals surface area contributed by atoms with Crippen molar-refractivity contribution in [3.05, 3.63) is 11.6 Å². The van der Waals surface area contributed by atoms with Gasteiger partial charge in [0.2, 0.25) is 0 Å². The zero-order chi connectivity index (χ0) is 64.3. The summed E-state index contributed by atoms with van der Waals surface area (Å²) in [5, 5.41) is 142. The number of allylic oxidation sites excluding steroid dienone is 2. The van der Waals surface area contributed by atoms with Gasteiger partial charge in [-0.2, -0.15) is 0 Å².